The van der Waals surface area contributed by atoms with Gasteiger partial charge in [-0.05, 0) is 37.5 Å². The zero-order valence-corrected chi connectivity index (χ0v) is 11.4. The summed E-state index contributed by atoms with van der Waals surface area (Å²) in [6.45, 7) is 3.65. The Morgan fingerprint density at radius 3 is 2.47 bits per heavy atom. The van der Waals surface area contributed by atoms with Crippen molar-refractivity contribution in [3.8, 4) is 11.8 Å². The number of hydrogen-bond acceptors (Lipinski definition) is 1. The van der Waals surface area contributed by atoms with Crippen LogP contribution in [-0.2, 0) is 6.42 Å². The number of carboxylic acid groups (broad SMARTS) is 1. The zero-order valence-electron chi connectivity index (χ0n) is 11.4. The maximum absolute atomic E-state index is 14.6. The van der Waals surface area contributed by atoms with Gasteiger partial charge in [0.05, 0.1) is 5.56 Å². The Kier molecular flexibility index (Phi) is 5.57. The highest BCUT2D eigenvalue weighted by molar-refractivity contribution is 5.87. The predicted molar refractivity (Wildman–Crippen MR) is 73.9 cm³/mol. The monoisotopic (exact) mass is 262 g/mol. The first kappa shape index (κ1) is 15.2. The van der Waals surface area contributed by atoms with E-state index in [0.29, 0.717) is 6.42 Å². The van der Waals surface area contributed by atoms with Gasteiger partial charge in [-0.1, -0.05) is 31.4 Å². The van der Waals surface area contributed by atoms with Gasteiger partial charge >= 0.3 is 5.97 Å². The van der Waals surface area contributed by atoms with Crippen LogP contribution in [0.1, 0.15) is 49.0 Å². The zero-order chi connectivity index (χ0) is 14.3. The van der Waals surface area contributed by atoms with Gasteiger partial charge in [0.2, 0.25) is 0 Å². The van der Waals surface area contributed by atoms with E-state index in [0.717, 1.165) is 18.4 Å². The molecule has 0 aliphatic heterocycles. The number of halogens is 1. The molecule has 0 fully saturated rings. The molecule has 0 saturated heterocycles. The molecule has 102 valence electrons. The lowest BCUT2D eigenvalue weighted by atomic mass is 9.91. The van der Waals surface area contributed by atoms with E-state index < -0.39 is 11.6 Å². The van der Waals surface area contributed by atoms with Gasteiger partial charge in [-0.3, -0.25) is 0 Å². The number of rotatable bonds is 6. The van der Waals surface area contributed by atoms with Crippen molar-refractivity contribution in [2.24, 2.45) is 0 Å². The molecule has 0 amide bonds. The molecular weight excluding hydrogens is 243 g/mol. The van der Waals surface area contributed by atoms with E-state index in [4.69, 9.17) is 5.11 Å². The molecule has 3 heteroatoms. The molecule has 1 unspecified atom stereocenters. The number of carbonyl (C=O) groups is 1. The largest absolute Gasteiger partial charge is 0.478 e. The Balaban J connectivity index is 2.83. The fraction of sp³-hybridized carbons (Fsp3) is 0.438. The number of carboxylic acids is 1. The minimum absolute atomic E-state index is 0.202. The summed E-state index contributed by atoms with van der Waals surface area (Å²) in [7, 11) is 0. The second kappa shape index (κ2) is 6.94. The van der Waals surface area contributed by atoms with Crippen molar-refractivity contribution in [3.63, 3.8) is 0 Å². The molecule has 0 saturated carbocycles. The summed E-state index contributed by atoms with van der Waals surface area (Å²) < 4.78 is 14.6. The van der Waals surface area contributed by atoms with E-state index >= 15 is 0 Å². The van der Waals surface area contributed by atoms with Gasteiger partial charge in [-0.2, -0.15) is 0 Å². The van der Waals surface area contributed by atoms with Crippen LogP contribution in [0.15, 0.2) is 24.3 Å². The van der Waals surface area contributed by atoms with E-state index in [1.807, 2.05) is 6.92 Å². The van der Waals surface area contributed by atoms with Gasteiger partial charge in [0.25, 0.3) is 0 Å². The Labute approximate surface area is 113 Å². The van der Waals surface area contributed by atoms with E-state index in [1.165, 1.54) is 12.1 Å². The summed E-state index contributed by atoms with van der Waals surface area (Å²) in [4.78, 5) is 10.7. The summed E-state index contributed by atoms with van der Waals surface area (Å²) in [5, 5.41) is 8.81. The fourth-order valence-corrected chi connectivity index (χ4v) is 1.96. The third-order valence-electron chi connectivity index (χ3n) is 2.96. The Morgan fingerprint density at radius 2 is 2.00 bits per heavy atom. The van der Waals surface area contributed by atoms with Crippen LogP contribution in [0.2, 0.25) is 0 Å². The number of benzene rings is 1. The number of alkyl halides is 1. The first-order chi connectivity index (χ1) is 9.00. The number of unbranched alkanes of at least 4 members (excludes halogenated alkanes) is 1. The molecule has 1 atom stereocenters. The van der Waals surface area contributed by atoms with E-state index in [2.05, 4.69) is 11.8 Å². The van der Waals surface area contributed by atoms with Crippen molar-refractivity contribution < 1.29 is 14.3 Å². The first-order valence-corrected chi connectivity index (χ1v) is 6.46. The van der Waals surface area contributed by atoms with Crippen LogP contribution >= 0.6 is 0 Å². The molecule has 0 spiro atoms. The molecule has 1 aromatic carbocycles. The Bertz CT molecular complexity index is 482. The standard InChI is InChI=1S/C16H19FO2/c1-3-5-11-16(17,10-4-2)12-13-6-8-14(9-7-13)15(18)19/h6-9H,3,5,11-12H2,1-2H3,(H,18,19). The maximum atomic E-state index is 14.6. The molecule has 1 aromatic rings. The van der Waals surface area contributed by atoms with Gasteiger partial charge in [-0.15, -0.1) is 5.92 Å². The Hall–Kier alpha value is -1.82. The highest BCUT2D eigenvalue weighted by Gasteiger charge is 2.26. The SMILES string of the molecule is CC#CC(F)(CCCC)Cc1ccc(C(=O)O)cc1. The summed E-state index contributed by atoms with van der Waals surface area (Å²) in [6, 6.07) is 6.30. The lowest BCUT2D eigenvalue weighted by Crippen LogP contribution is -2.24. The van der Waals surface area contributed by atoms with Gasteiger partial charge in [-0.25, -0.2) is 9.18 Å². The molecule has 1 rings (SSSR count). The fourth-order valence-electron chi connectivity index (χ4n) is 1.96. The van der Waals surface area contributed by atoms with Crippen LogP contribution in [-0.4, -0.2) is 16.7 Å². The van der Waals surface area contributed by atoms with Crippen LogP contribution in [0.4, 0.5) is 4.39 Å². The maximum Gasteiger partial charge on any atom is 0.335 e. The van der Waals surface area contributed by atoms with Crippen LogP contribution in [0.3, 0.4) is 0 Å². The molecular formula is C16H19FO2. The van der Waals surface area contributed by atoms with Crippen molar-refractivity contribution >= 4 is 5.97 Å². The number of aromatic carboxylic acids is 1. The second-order valence-electron chi connectivity index (χ2n) is 4.62. The molecule has 0 heterocycles. The molecule has 1 N–H and O–H groups in total. The summed E-state index contributed by atoms with van der Waals surface area (Å²) >= 11 is 0. The van der Waals surface area contributed by atoms with E-state index in [9.17, 15) is 9.18 Å². The van der Waals surface area contributed by atoms with E-state index in [-0.39, 0.29) is 12.0 Å². The number of hydrogen-bond donors (Lipinski definition) is 1. The molecule has 0 aliphatic rings. The van der Waals surface area contributed by atoms with Crippen molar-refractivity contribution in [3.05, 3.63) is 35.4 Å². The third-order valence-corrected chi connectivity index (χ3v) is 2.96. The van der Waals surface area contributed by atoms with Gasteiger partial charge in [0.1, 0.15) is 0 Å². The van der Waals surface area contributed by atoms with Crippen LogP contribution in [0.5, 0.6) is 0 Å². The van der Waals surface area contributed by atoms with Crippen molar-refractivity contribution in [2.45, 2.75) is 45.2 Å². The normalized spacial score (nSPS) is 13.2. The predicted octanol–water partition coefficient (Wildman–Crippen LogP) is 3.85. The quantitative estimate of drug-likeness (QED) is 0.791. The Morgan fingerprint density at radius 1 is 1.37 bits per heavy atom. The minimum Gasteiger partial charge on any atom is -0.478 e. The van der Waals surface area contributed by atoms with Crippen LogP contribution in [0.25, 0.3) is 0 Å². The van der Waals surface area contributed by atoms with E-state index in [1.54, 1.807) is 19.1 Å². The van der Waals surface area contributed by atoms with Crippen molar-refractivity contribution in [1.82, 2.24) is 0 Å². The topological polar surface area (TPSA) is 37.3 Å². The molecule has 0 bridgehead atoms. The van der Waals surface area contributed by atoms with Crippen molar-refractivity contribution in [1.29, 1.82) is 0 Å². The van der Waals surface area contributed by atoms with Crippen LogP contribution < -0.4 is 0 Å². The summed E-state index contributed by atoms with van der Waals surface area (Å²) in [5.41, 5.74) is -0.537. The summed E-state index contributed by atoms with van der Waals surface area (Å²) in [6.07, 6.45) is 2.33. The lowest BCUT2D eigenvalue weighted by Gasteiger charge is -2.19. The van der Waals surface area contributed by atoms with Gasteiger partial charge in [0, 0.05) is 6.42 Å². The lowest BCUT2D eigenvalue weighted by molar-refractivity contribution is 0.0697. The third kappa shape index (κ3) is 4.75. The van der Waals surface area contributed by atoms with Crippen molar-refractivity contribution in [2.75, 3.05) is 0 Å². The molecule has 0 aromatic heterocycles. The molecule has 19 heavy (non-hydrogen) atoms. The molecule has 0 radical (unpaired) electrons. The smallest absolute Gasteiger partial charge is 0.335 e. The van der Waals surface area contributed by atoms with Gasteiger partial charge < -0.3 is 5.11 Å². The summed E-state index contributed by atoms with van der Waals surface area (Å²) in [5.74, 6) is 4.32. The molecule has 2 nitrogen and oxygen atoms in total. The molecule has 0 aliphatic carbocycles. The highest BCUT2D eigenvalue weighted by atomic mass is 19.1. The highest BCUT2D eigenvalue weighted by Crippen LogP contribution is 2.24. The average Bonchev–Trinajstić information content (AvgIpc) is 2.37. The van der Waals surface area contributed by atoms with Crippen LogP contribution in [0, 0.1) is 11.8 Å². The minimum atomic E-state index is -1.52. The second-order valence-corrected chi connectivity index (χ2v) is 4.62. The first-order valence-electron chi connectivity index (χ1n) is 6.46. The average molecular weight is 262 g/mol. The van der Waals surface area contributed by atoms with Gasteiger partial charge in [0.15, 0.2) is 5.67 Å².